The van der Waals surface area contributed by atoms with E-state index in [9.17, 15) is 4.79 Å². The number of aryl methyl sites for hydroxylation is 1. The largest absolute Gasteiger partial charge is 0.483 e. The molecule has 3 rings (SSSR count). The number of anilines is 1. The van der Waals surface area contributed by atoms with Crippen LogP contribution >= 0.6 is 22.9 Å². The molecule has 2 heterocycles. The lowest BCUT2D eigenvalue weighted by molar-refractivity contribution is -0.118. The molecule has 5 nitrogen and oxygen atoms in total. The number of halogens is 1. The second-order valence-corrected chi connectivity index (χ2v) is 6.29. The van der Waals surface area contributed by atoms with Crippen LogP contribution in [0.15, 0.2) is 48.0 Å². The predicted molar refractivity (Wildman–Crippen MR) is 95.7 cm³/mol. The highest BCUT2D eigenvalue weighted by atomic mass is 35.5. The zero-order valence-corrected chi connectivity index (χ0v) is 14.4. The molecule has 0 bridgehead atoms. The summed E-state index contributed by atoms with van der Waals surface area (Å²) < 4.78 is 5.51. The number of hydrogen-bond acceptors (Lipinski definition) is 5. The fourth-order valence-corrected chi connectivity index (χ4v) is 2.98. The van der Waals surface area contributed by atoms with Crippen LogP contribution in [0.5, 0.6) is 5.75 Å². The highest BCUT2D eigenvalue weighted by molar-refractivity contribution is 7.14. The van der Waals surface area contributed by atoms with Gasteiger partial charge >= 0.3 is 0 Å². The summed E-state index contributed by atoms with van der Waals surface area (Å²) in [5, 5.41) is 5.72. The number of amides is 1. The predicted octanol–water partition coefficient (Wildman–Crippen LogP) is 4.18. The number of hydrogen-bond donors (Lipinski definition) is 1. The van der Waals surface area contributed by atoms with Gasteiger partial charge in [0.25, 0.3) is 5.91 Å². The summed E-state index contributed by atoms with van der Waals surface area (Å²) in [5.41, 5.74) is 2.37. The third kappa shape index (κ3) is 4.10. The minimum atomic E-state index is -0.272. The molecule has 0 aliphatic rings. The Bertz CT molecular complexity index is 852. The Morgan fingerprint density at radius 3 is 2.92 bits per heavy atom. The molecule has 7 heteroatoms. The number of nitrogens with zero attached hydrogens (tertiary/aromatic N) is 2. The Balaban J connectivity index is 1.58. The van der Waals surface area contributed by atoms with Crippen LogP contribution in [0.1, 0.15) is 5.56 Å². The summed E-state index contributed by atoms with van der Waals surface area (Å²) in [6.45, 7) is 1.78. The Labute approximate surface area is 148 Å². The van der Waals surface area contributed by atoms with Crippen LogP contribution in [0.3, 0.4) is 0 Å². The van der Waals surface area contributed by atoms with Gasteiger partial charge in [-0.1, -0.05) is 17.7 Å². The molecular formula is C17H14ClN3O2S. The SMILES string of the molecule is Cc1cc(Cl)ccc1OCC(=O)Nc1nc(-c2ccccn2)cs1. The smallest absolute Gasteiger partial charge is 0.264 e. The fourth-order valence-electron chi connectivity index (χ4n) is 2.04. The molecule has 0 radical (unpaired) electrons. The van der Waals surface area contributed by atoms with Gasteiger partial charge in [0, 0.05) is 16.6 Å². The van der Waals surface area contributed by atoms with Crippen molar-refractivity contribution in [3.8, 4) is 17.1 Å². The molecule has 0 atom stereocenters. The van der Waals surface area contributed by atoms with Gasteiger partial charge in [0.15, 0.2) is 11.7 Å². The standard InChI is InChI=1S/C17H14ClN3O2S/c1-11-8-12(18)5-6-15(11)23-9-16(22)21-17-20-14(10-24-17)13-4-2-3-7-19-13/h2-8,10H,9H2,1H3,(H,20,21,22). The molecule has 122 valence electrons. The monoisotopic (exact) mass is 359 g/mol. The highest BCUT2D eigenvalue weighted by Gasteiger charge is 2.10. The number of benzene rings is 1. The van der Waals surface area contributed by atoms with E-state index < -0.39 is 0 Å². The van der Waals surface area contributed by atoms with E-state index in [2.05, 4.69) is 15.3 Å². The molecule has 1 amide bonds. The van der Waals surface area contributed by atoms with E-state index in [0.717, 1.165) is 17.0 Å². The molecule has 24 heavy (non-hydrogen) atoms. The van der Waals surface area contributed by atoms with E-state index in [1.54, 1.807) is 24.4 Å². The van der Waals surface area contributed by atoms with Crippen molar-refractivity contribution in [2.75, 3.05) is 11.9 Å². The van der Waals surface area contributed by atoms with E-state index in [0.29, 0.717) is 15.9 Å². The molecular weight excluding hydrogens is 346 g/mol. The lowest BCUT2D eigenvalue weighted by Crippen LogP contribution is -2.20. The van der Waals surface area contributed by atoms with Gasteiger partial charge in [-0.05, 0) is 42.8 Å². The van der Waals surface area contributed by atoms with Gasteiger partial charge in [0.2, 0.25) is 0 Å². The van der Waals surface area contributed by atoms with Crippen LogP contribution in [0.2, 0.25) is 5.02 Å². The number of thiazole rings is 1. The number of nitrogens with one attached hydrogen (secondary N) is 1. The van der Waals surface area contributed by atoms with Crippen LogP contribution in [-0.2, 0) is 4.79 Å². The van der Waals surface area contributed by atoms with Crippen molar-refractivity contribution in [2.45, 2.75) is 6.92 Å². The van der Waals surface area contributed by atoms with Crippen molar-refractivity contribution in [1.29, 1.82) is 0 Å². The molecule has 1 aromatic carbocycles. The summed E-state index contributed by atoms with van der Waals surface area (Å²) in [6.07, 6.45) is 1.70. The summed E-state index contributed by atoms with van der Waals surface area (Å²) in [4.78, 5) is 20.6. The summed E-state index contributed by atoms with van der Waals surface area (Å²) in [7, 11) is 0. The number of carbonyl (C=O) groups is 1. The van der Waals surface area contributed by atoms with Crippen molar-refractivity contribution >= 4 is 34.0 Å². The average Bonchev–Trinajstić information content (AvgIpc) is 3.03. The molecule has 1 N–H and O–H groups in total. The Morgan fingerprint density at radius 1 is 1.29 bits per heavy atom. The van der Waals surface area contributed by atoms with Crippen molar-refractivity contribution in [1.82, 2.24) is 9.97 Å². The van der Waals surface area contributed by atoms with Gasteiger partial charge in [0.05, 0.1) is 5.69 Å². The normalized spacial score (nSPS) is 10.4. The van der Waals surface area contributed by atoms with Crippen molar-refractivity contribution in [2.24, 2.45) is 0 Å². The van der Waals surface area contributed by atoms with Crippen molar-refractivity contribution in [3.63, 3.8) is 0 Å². The molecule has 0 saturated heterocycles. The van der Waals surface area contributed by atoms with Crippen LogP contribution in [0.25, 0.3) is 11.4 Å². The minimum absolute atomic E-state index is 0.0963. The van der Waals surface area contributed by atoms with E-state index in [4.69, 9.17) is 16.3 Å². The molecule has 3 aromatic rings. The number of aromatic nitrogens is 2. The average molecular weight is 360 g/mol. The minimum Gasteiger partial charge on any atom is -0.483 e. The van der Waals surface area contributed by atoms with Crippen molar-refractivity contribution in [3.05, 3.63) is 58.6 Å². The lowest BCUT2D eigenvalue weighted by Gasteiger charge is -2.08. The maximum atomic E-state index is 12.0. The quantitative estimate of drug-likeness (QED) is 0.742. The third-order valence-electron chi connectivity index (χ3n) is 3.17. The summed E-state index contributed by atoms with van der Waals surface area (Å²) in [5.74, 6) is 0.356. The molecule has 0 unspecified atom stereocenters. The number of pyridine rings is 1. The van der Waals surface area contributed by atoms with Gasteiger partial charge < -0.3 is 4.74 Å². The molecule has 0 saturated carbocycles. The third-order valence-corrected chi connectivity index (χ3v) is 4.17. The van der Waals surface area contributed by atoms with E-state index in [1.165, 1.54) is 11.3 Å². The highest BCUT2D eigenvalue weighted by Crippen LogP contribution is 2.24. The van der Waals surface area contributed by atoms with Gasteiger partial charge in [-0.25, -0.2) is 4.98 Å². The zero-order valence-electron chi connectivity index (χ0n) is 12.8. The Hall–Kier alpha value is -2.44. The topological polar surface area (TPSA) is 64.1 Å². The van der Waals surface area contributed by atoms with Gasteiger partial charge in [-0.2, -0.15) is 0 Å². The summed E-state index contributed by atoms with van der Waals surface area (Å²) in [6, 6.07) is 10.9. The number of carbonyl (C=O) groups excluding carboxylic acids is 1. The molecule has 2 aromatic heterocycles. The van der Waals surface area contributed by atoms with Gasteiger partial charge in [0.1, 0.15) is 11.4 Å². The van der Waals surface area contributed by atoms with E-state index >= 15 is 0 Å². The fraction of sp³-hybridized carbons (Fsp3) is 0.118. The first-order valence-electron chi connectivity index (χ1n) is 7.17. The zero-order chi connectivity index (χ0) is 16.9. The first-order valence-corrected chi connectivity index (χ1v) is 8.43. The van der Waals surface area contributed by atoms with Gasteiger partial charge in [-0.3, -0.25) is 15.1 Å². The van der Waals surface area contributed by atoms with Crippen LogP contribution in [0.4, 0.5) is 5.13 Å². The second-order valence-electron chi connectivity index (χ2n) is 5.00. The molecule has 0 aliphatic carbocycles. The maximum absolute atomic E-state index is 12.0. The maximum Gasteiger partial charge on any atom is 0.264 e. The lowest BCUT2D eigenvalue weighted by atomic mass is 10.2. The van der Waals surface area contributed by atoms with Crippen molar-refractivity contribution < 1.29 is 9.53 Å². The Kier molecular flexibility index (Phi) is 5.08. The van der Waals surface area contributed by atoms with Crippen LogP contribution in [-0.4, -0.2) is 22.5 Å². The first kappa shape index (κ1) is 16.4. The molecule has 0 fully saturated rings. The van der Waals surface area contributed by atoms with Gasteiger partial charge in [-0.15, -0.1) is 11.3 Å². The first-order chi connectivity index (χ1) is 11.6. The molecule has 0 spiro atoms. The Morgan fingerprint density at radius 2 is 2.17 bits per heavy atom. The van der Waals surface area contributed by atoms with E-state index in [-0.39, 0.29) is 12.5 Å². The van der Waals surface area contributed by atoms with Crippen LogP contribution < -0.4 is 10.1 Å². The number of rotatable bonds is 5. The van der Waals surface area contributed by atoms with E-state index in [1.807, 2.05) is 30.5 Å². The summed E-state index contributed by atoms with van der Waals surface area (Å²) >= 11 is 7.24. The molecule has 0 aliphatic heterocycles. The second kappa shape index (κ2) is 7.42. The number of ether oxygens (including phenoxy) is 1. The van der Waals surface area contributed by atoms with Crippen LogP contribution in [0, 0.1) is 6.92 Å².